The van der Waals surface area contributed by atoms with Crippen molar-refractivity contribution in [3.05, 3.63) is 0 Å². The number of rotatable bonds is 6. The van der Waals surface area contributed by atoms with Crippen LogP contribution in [0.2, 0.25) is 0 Å². The second kappa shape index (κ2) is 7.21. The number of esters is 1. The Hall–Kier alpha value is -0.220. The van der Waals surface area contributed by atoms with Crippen LogP contribution in [0.4, 0.5) is 0 Å². The third-order valence-electron chi connectivity index (χ3n) is 1.73. The Morgan fingerprint density at radius 2 is 1.92 bits per heavy atom. The van der Waals surface area contributed by atoms with Crippen LogP contribution in [0.3, 0.4) is 0 Å². The van der Waals surface area contributed by atoms with Crippen LogP contribution in [-0.4, -0.2) is 37.8 Å². The topological polar surface area (TPSA) is 35.5 Å². The van der Waals surface area contributed by atoms with E-state index in [0.717, 1.165) is 11.5 Å². The highest BCUT2D eigenvalue weighted by Gasteiger charge is 2.13. The molecule has 3 nitrogen and oxygen atoms in total. The van der Waals surface area contributed by atoms with Crippen molar-refractivity contribution in [2.24, 2.45) is 5.92 Å². The molecule has 0 amide bonds. The quantitative estimate of drug-likeness (QED) is 0.618. The average molecular weight is 206 g/mol. The molecule has 0 aromatic rings. The number of carbonyl (C=O) groups is 1. The fourth-order valence-corrected chi connectivity index (χ4v) is 1.84. The summed E-state index contributed by atoms with van der Waals surface area (Å²) >= 11 is 1.71. The molecule has 4 heteroatoms. The summed E-state index contributed by atoms with van der Waals surface area (Å²) in [7, 11) is 3.11. The van der Waals surface area contributed by atoms with Crippen molar-refractivity contribution in [3.63, 3.8) is 0 Å². The summed E-state index contributed by atoms with van der Waals surface area (Å²) in [6, 6.07) is 0. The molecule has 0 aliphatic rings. The Morgan fingerprint density at radius 1 is 1.31 bits per heavy atom. The van der Waals surface area contributed by atoms with E-state index in [9.17, 15) is 4.79 Å². The standard InChI is InChI=1S/C9H18O3S/c1-7(9(10)12-4)5-13-6-8(2)11-3/h7-8H,5-6H2,1-4H3. The van der Waals surface area contributed by atoms with E-state index in [1.807, 2.05) is 13.8 Å². The van der Waals surface area contributed by atoms with Crippen molar-refractivity contribution < 1.29 is 14.3 Å². The van der Waals surface area contributed by atoms with Crippen LogP contribution in [0.15, 0.2) is 0 Å². The van der Waals surface area contributed by atoms with Crippen molar-refractivity contribution in [1.82, 2.24) is 0 Å². The van der Waals surface area contributed by atoms with E-state index in [0.29, 0.717) is 0 Å². The van der Waals surface area contributed by atoms with E-state index in [-0.39, 0.29) is 18.0 Å². The molecule has 0 aromatic carbocycles. The lowest BCUT2D eigenvalue weighted by atomic mass is 10.2. The Bertz CT molecular complexity index is 150. The minimum Gasteiger partial charge on any atom is -0.469 e. The highest BCUT2D eigenvalue weighted by molar-refractivity contribution is 7.99. The van der Waals surface area contributed by atoms with Crippen molar-refractivity contribution in [3.8, 4) is 0 Å². The lowest BCUT2D eigenvalue weighted by Gasteiger charge is -2.11. The van der Waals surface area contributed by atoms with Crippen LogP contribution in [0.25, 0.3) is 0 Å². The van der Waals surface area contributed by atoms with Gasteiger partial charge in [-0.1, -0.05) is 6.92 Å². The van der Waals surface area contributed by atoms with Gasteiger partial charge in [0.1, 0.15) is 0 Å². The van der Waals surface area contributed by atoms with E-state index in [2.05, 4.69) is 4.74 Å². The molecule has 0 rings (SSSR count). The molecule has 0 N–H and O–H groups in total. The van der Waals surface area contributed by atoms with Crippen LogP contribution in [0.5, 0.6) is 0 Å². The molecule has 0 saturated heterocycles. The summed E-state index contributed by atoms with van der Waals surface area (Å²) in [6.07, 6.45) is 0.245. The van der Waals surface area contributed by atoms with Gasteiger partial charge < -0.3 is 9.47 Å². The smallest absolute Gasteiger partial charge is 0.309 e. The van der Waals surface area contributed by atoms with E-state index in [4.69, 9.17) is 4.74 Å². The molecule has 0 saturated carbocycles. The van der Waals surface area contributed by atoms with E-state index in [1.54, 1.807) is 18.9 Å². The zero-order valence-corrected chi connectivity index (χ0v) is 9.52. The number of hydrogen-bond donors (Lipinski definition) is 0. The first kappa shape index (κ1) is 12.8. The molecular formula is C9H18O3S. The maximum atomic E-state index is 11.0. The van der Waals surface area contributed by atoms with Gasteiger partial charge in [0.2, 0.25) is 0 Å². The molecule has 2 unspecified atom stereocenters. The highest BCUT2D eigenvalue weighted by atomic mass is 32.2. The van der Waals surface area contributed by atoms with E-state index < -0.39 is 0 Å². The first-order valence-electron chi connectivity index (χ1n) is 4.30. The molecule has 0 heterocycles. The first-order valence-corrected chi connectivity index (χ1v) is 5.45. The SMILES string of the molecule is COC(=O)C(C)CSCC(C)OC. The van der Waals surface area contributed by atoms with Crippen molar-refractivity contribution in [1.29, 1.82) is 0 Å². The highest BCUT2D eigenvalue weighted by Crippen LogP contribution is 2.11. The molecule has 0 aromatic heterocycles. The molecule has 0 aliphatic carbocycles. The Balaban J connectivity index is 3.47. The van der Waals surface area contributed by atoms with Gasteiger partial charge in [0.05, 0.1) is 19.1 Å². The molecule has 2 atom stereocenters. The zero-order chi connectivity index (χ0) is 10.3. The van der Waals surface area contributed by atoms with Gasteiger partial charge >= 0.3 is 5.97 Å². The second-order valence-electron chi connectivity index (χ2n) is 3.01. The number of hydrogen-bond acceptors (Lipinski definition) is 4. The first-order chi connectivity index (χ1) is 6.11. The van der Waals surface area contributed by atoms with Crippen LogP contribution < -0.4 is 0 Å². The fourth-order valence-electron chi connectivity index (χ4n) is 0.748. The van der Waals surface area contributed by atoms with Gasteiger partial charge in [0, 0.05) is 18.6 Å². The van der Waals surface area contributed by atoms with Crippen LogP contribution >= 0.6 is 11.8 Å². The average Bonchev–Trinajstić information content (AvgIpc) is 2.15. The monoisotopic (exact) mass is 206 g/mol. The van der Waals surface area contributed by atoms with Crippen LogP contribution in [0.1, 0.15) is 13.8 Å². The van der Waals surface area contributed by atoms with Crippen molar-refractivity contribution in [2.75, 3.05) is 25.7 Å². The maximum absolute atomic E-state index is 11.0. The predicted octanol–water partition coefficient (Wildman–Crippen LogP) is 1.56. The molecule has 0 spiro atoms. The summed E-state index contributed by atoms with van der Waals surface area (Å²) in [5.74, 6) is 1.54. The van der Waals surface area contributed by atoms with Crippen molar-refractivity contribution in [2.45, 2.75) is 20.0 Å². The van der Waals surface area contributed by atoms with Gasteiger partial charge in [0.15, 0.2) is 0 Å². The van der Waals surface area contributed by atoms with Gasteiger partial charge in [0.25, 0.3) is 0 Å². The second-order valence-corrected chi connectivity index (χ2v) is 4.08. The van der Waals surface area contributed by atoms with Gasteiger partial charge in [-0.05, 0) is 6.92 Å². The number of ether oxygens (including phenoxy) is 2. The molecule has 78 valence electrons. The molecule has 13 heavy (non-hydrogen) atoms. The number of thioether (sulfide) groups is 1. The van der Waals surface area contributed by atoms with Crippen LogP contribution in [0, 0.1) is 5.92 Å². The third kappa shape index (κ3) is 5.93. The van der Waals surface area contributed by atoms with E-state index >= 15 is 0 Å². The molecular weight excluding hydrogens is 188 g/mol. The van der Waals surface area contributed by atoms with Crippen molar-refractivity contribution >= 4 is 17.7 Å². The fraction of sp³-hybridized carbons (Fsp3) is 0.889. The Labute approximate surface area is 84.2 Å². The Morgan fingerprint density at radius 3 is 2.38 bits per heavy atom. The summed E-state index contributed by atoms with van der Waals surface area (Å²) in [4.78, 5) is 11.0. The molecule has 0 aliphatic heterocycles. The lowest BCUT2D eigenvalue weighted by Crippen LogP contribution is -2.16. The Kier molecular flexibility index (Phi) is 7.09. The van der Waals surface area contributed by atoms with Gasteiger partial charge in [-0.2, -0.15) is 11.8 Å². The van der Waals surface area contributed by atoms with Gasteiger partial charge in [-0.25, -0.2) is 0 Å². The molecule has 0 fully saturated rings. The number of carbonyl (C=O) groups excluding carboxylic acids is 1. The molecule has 0 bridgehead atoms. The summed E-state index contributed by atoms with van der Waals surface area (Å²) in [6.45, 7) is 3.88. The van der Waals surface area contributed by atoms with Gasteiger partial charge in [-0.3, -0.25) is 4.79 Å². The summed E-state index contributed by atoms with van der Waals surface area (Å²) < 4.78 is 9.69. The summed E-state index contributed by atoms with van der Waals surface area (Å²) in [5, 5.41) is 0. The minimum absolute atomic E-state index is 0.0287. The zero-order valence-electron chi connectivity index (χ0n) is 8.70. The largest absolute Gasteiger partial charge is 0.469 e. The predicted molar refractivity (Wildman–Crippen MR) is 55.0 cm³/mol. The molecule has 0 radical (unpaired) electrons. The normalized spacial score (nSPS) is 15.1. The summed E-state index contributed by atoms with van der Waals surface area (Å²) in [5.41, 5.74) is 0. The third-order valence-corrected chi connectivity index (χ3v) is 3.17. The van der Waals surface area contributed by atoms with Gasteiger partial charge in [-0.15, -0.1) is 0 Å². The minimum atomic E-state index is -0.141. The maximum Gasteiger partial charge on any atom is 0.309 e. The van der Waals surface area contributed by atoms with Crippen LogP contribution in [-0.2, 0) is 14.3 Å². The lowest BCUT2D eigenvalue weighted by molar-refractivity contribution is -0.143. The van der Waals surface area contributed by atoms with E-state index in [1.165, 1.54) is 7.11 Å². The number of methoxy groups -OCH3 is 2.